The number of anilines is 2. The largest absolute Gasteiger partial charge is 0.383 e. The lowest BCUT2D eigenvalue weighted by molar-refractivity contribution is 0.905. The summed E-state index contributed by atoms with van der Waals surface area (Å²) in [5.74, 6) is 0.647. The van der Waals surface area contributed by atoms with E-state index in [0.29, 0.717) is 5.82 Å². The molecule has 0 bridgehead atoms. The third-order valence-corrected chi connectivity index (χ3v) is 3.25. The minimum absolute atomic E-state index is 0.204. The first-order valence-electron chi connectivity index (χ1n) is 6.43. The van der Waals surface area contributed by atoms with Gasteiger partial charge in [0.15, 0.2) is 0 Å². The molecule has 0 aliphatic carbocycles. The van der Waals surface area contributed by atoms with Crippen LogP contribution >= 0.6 is 0 Å². The average molecular weight is 265 g/mol. The number of benzene rings is 1. The quantitative estimate of drug-likeness (QED) is 0.755. The number of nitrogens with two attached hydrogens (primary N) is 2. The maximum atomic E-state index is 5.82. The van der Waals surface area contributed by atoms with Gasteiger partial charge >= 0.3 is 0 Å². The molecule has 0 atom stereocenters. The van der Waals surface area contributed by atoms with Crippen molar-refractivity contribution in [3.05, 3.63) is 54.0 Å². The summed E-state index contributed by atoms with van der Waals surface area (Å²) in [4.78, 5) is 12.4. The third-order valence-electron chi connectivity index (χ3n) is 3.25. The summed E-state index contributed by atoms with van der Waals surface area (Å²) < 4.78 is 0. The second-order valence-electron chi connectivity index (χ2n) is 4.66. The number of pyridine rings is 1. The Hall–Kier alpha value is -2.69. The molecule has 100 valence electrons. The second-order valence-corrected chi connectivity index (χ2v) is 4.66. The van der Waals surface area contributed by atoms with Crippen LogP contribution in [0.15, 0.2) is 42.7 Å². The number of nitrogen functional groups attached to an aromatic ring is 2. The topological polar surface area (TPSA) is 90.7 Å². The molecule has 0 spiro atoms. The van der Waals surface area contributed by atoms with Crippen LogP contribution < -0.4 is 11.5 Å². The monoisotopic (exact) mass is 265 g/mol. The predicted molar refractivity (Wildman–Crippen MR) is 80.0 cm³/mol. The van der Waals surface area contributed by atoms with Gasteiger partial charge in [0, 0.05) is 29.0 Å². The van der Waals surface area contributed by atoms with Gasteiger partial charge in [0.25, 0.3) is 0 Å². The fraction of sp³-hybridized carbons (Fsp3) is 0.133. The lowest BCUT2D eigenvalue weighted by Crippen LogP contribution is -2.05. The molecule has 3 aromatic rings. The molecule has 0 unspecified atom stereocenters. The molecule has 0 fully saturated rings. The van der Waals surface area contributed by atoms with Crippen molar-refractivity contribution in [1.29, 1.82) is 0 Å². The van der Waals surface area contributed by atoms with Crippen LogP contribution in [0.3, 0.4) is 0 Å². The highest BCUT2D eigenvalue weighted by molar-refractivity contribution is 5.81. The van der Waals surface area contributed by atoms with E-state index in [4.69, 9.17) is 11.5 Å². The molecule has 0 saturated carbocycles. The highest BCUT2D eigenvalue weighted by Gasteiger charge is 2.04. The Kier molecular flexibility index (Phi) is 3.16. The van der Waals surface area contributed by atoms with Gasteiger partial charge in [-0.1, -0.05) is 24.3 Å². The first-order chi connectivity index (χ1) is 9.72. The molecule has 0 radical (unpaired) electrons. The number of hydrogen-bond acceptors (Lipinski definition) is 5. The van der Waals surface area contributed by atoms with Gasteiger partial charge in [-0.2, -0.15) is 4.98 Å². The summed E-state index contributed by atoms with van der Waals surface area (Å²) in [7, 11) is 0. The van der Waals surface area contributed by atoms with E-state index >= 15 is 0 Å². The third kappa shape index (κ3) is 2.51. The van der Waals surface area contributed by atoms with Crippen molar-refractivity contribution in [3.8, 4) is 0 Å². The predicted octanol–water partition coefficient (Wildman–Crippen LogP) is 1.97. The number of aromatic nitrogens is 3. The Bertz CT molecular complexity index is 754. The molecular weight excluding hydrogens is 250 g/mol. The zero-order valence-electron chi connectivity index (χ0n) is 11.0. The van der Waals surface area contributed by atoms with Gasteiger partial charge in [0.1, 0.15) is 5.82 Å². The summed E-state index contributed by atoms with van der Waals surface area (Å²) in [6.45, 7) is 0. The molecular formula is C15H15N5. The molecule has 3 rings (SSSR count). The van der Waals surface area contributed by atoms with E-state index in [2.05, 4.69) is 33.2 Å². The van der Waals surface area contributed by atoms with Crippen LogP contribution in [0.5, 0.6) is 0 Å². The Morgan fingerprint density at radius 3 is 2.50 bits per heavy atom. The highest BCUT2D eigenvalue weighted by Crippen LogP contribution is 2.16. The van der Waals surface area contributed by atoms with E-state index in [1.165, 1.54) is 5.39 Å². The molecule has 5 heteroatoms. The van der Waals surface area contributed by atoms with Gasteiger partial charge < -0.3 is 11.5 Å². The SMILES string of the molecule is Nc1ncc(CCc2cc3ccccc3cn2)c(N)n1. The van der Waals surface area contributed by atoms with Crippen molar-refractivity contribution >= 4 is 22.5 Å². The Balaban J connectivity index is 1.79. The summed E-state index contributed by atoms with van der Waals surface area (Å²) in [5.41, 5.74) is 13.2. The van der Waals surface area contributed by atoms with Gasteiger partial charge in [-0.05, 0) is 24.3 Å². The van der Waals surface area contributed by atoms with E-state index in [1.54, 1.807) is 6.20 Å². The standard InChI is InChI=1S/C15H15N5/c16-14-12(9-19-15(17)20-14)5-6-13-7-10-3-1-2-4-11(10)8-18-13/h1-4,7-9H,5-6H2,(H4,16,17,19,20). The highest BCUT2D eigenvalue weighted by atomic mass is 15.0. The number of aryl methyl sites for hydroxylation is 2. The summed E-state index contributed by atoms with van der Waals surface area (Å²) in [5, 5.41) is 2.34. The Labute approximate surface area is 116 Å². The molecule has 0 amide bonds. The van der Waals surface area contributed by atoms with Crippen molar-refractivity contribution < 1.29 is 0 Å². The summed E-state index contributed by atoms with van der Waals surface area (Å²) in [6.07, 6.45) is 5.12. The van der Waals surface area contributed by atoms with Crippen molar-refractivity contribution in [2.24, 2.45) is 0 Å². The van der Waals surface area contributed by atoms with Gasteiger partial charge in [0.2, 0.25) is 5.95 Å². The minimum Gasteiger partial charge on any atom is -0.383 e. The molecule has 20 heavy (non-hydrogen) atoms. The maximum absolute atomic E-state index is 5.82. The molecule has 0 aliphatic rings. The molecule has 0 saturated heterocycles. The van der Waals surface area contributed by atoms with Crippen LogP contribution in [-0.4, -0.2) is 15.0 Å². The van der Waals surface area contributed by atoms with Crippen molar-refractivity contribution in [2.75, 3.05) is 11.5 Å². The first kappa shape index (κ1) is 12.3. The van der Waals surface area contributed by atoms with Gasteiger partial charge in [-0.25, -0.2) is 4.98 Å². The number of rotatable bonds is 3. The lowest BCUT2D eigenvalue weighted by atomic mass is 10.1. The lowest BCUT2D eigenvalue weighted by Gasteiger charge is -2.05. The molecule has 5 nitrogen and oxygen atoms in total. The Morgan fingerprint density at radius 2 is 1.70 bits per heavy atom. The van der Waals surface area contributed by atoms with Crippen LogP contribution in [0.1, 0.15) is 11.3 Å². The smallest absolute Gasteiger partial charge is 0.221 e. The van der Waals surface area contributed by atoms with E-state index in [9.17, 15) is 0 Å². The van der Waals surface area contributed by atoms with Gasteiger partial charge in [0.05, 0.1) is 0 Å². The van der Waals surface area contributed by atoms with Crippen molar-refractivity contribution in [1.82, 2.24) is 15.0 Å². The van der Waals surface area contributed by atoms with Crippen LogP contribution in [0.2, 0.25) is 0 Å². The Morgan fingerprint density at radius 1 is 0.900 bits per heavy atom. The number of fused-ring (bicyclic) bond motifs is 1. The van der Waals surface area contributed by atoms with Gasteiger partial charge in [-0.15, -0.1) is 0 Å². The fourth-order valence-corrected chi connectivity index (χ4v) is 2.16. The number of hydrogen-bond donors (Lipinski definition) is 2. The zero-order valence-corrected chi connectivity index (χ0v) is 11.0. The second kappa shape index (κ2) is 5.13. The molecule has 2 heterocycles. The van der Waals surface area contributed by atoms with E-state index in [0.717, 1.165) is 29.5 Å². The molecule has 0 aliphatic heterocycles. The summed E-state index contributed by atoms with van der Waals surface area (Å²) in [6, 6.07) is 10.3. The van der Waals surface area contributed by atoms with Crippen LogP contribution in [0.25, 0.3) is 10.8 Å². The van der Waals surface area contributed by atoms with E-state index in [1.807, 2.05) is 18.3 Å². The fourth-order valence-electron chi connectivity index (χ4n) is 2.16. The summed E-state index contributed by atoms with van der Waals surface area (Å²) >= 11 is 0. The first-order valence-corrected chi connectivity index (χ1v) is 6.43. The minimum atomic E-state index is 0.204. The average Bonchev–Trinajstić information content (AvgIpc) is 2.46. The maximum Gasteiger partial charge on any atom is 0.221 e. The van der Waals surface area contributed by atoms with Crippen molar-refractivity contribution in [3.63, 3.8) is 0 Å². The normalized spacial score (nSPS) is 10.8. The molecule has 4 N–H and O–H groups in total. The molecule has 1 aromatic carbocycles. The van der Waals surface area contributed by atoms with Crippen molar-refractivity contribution in [2.45, 2.75) is 12.8 Å². The van der Waals surface area contributed by atoms with Crippen LogP contribution in [0.4, 0.5) is 11.8 Å². The van der Waals surface area contributed by atoms with Crippen LogP contribution in [0, 0.1) is 0 Å². The zero-order chi connectivity index (χ0) is 13.9. The van der Waals surface area contributed by atoms with E-state index < -0.39 is 0 Å². The van der Waals surface area contributed by atoms with Gasteiger partial charge in [-0.3, -0.25) is 4.98 Å². The molecule has 2 aromatic heterocycles. The van der Waals surface area contributed by atoms with E-state index in [-0.39, 0.29) is 5.95 Å². The van der Waals surface area contributed by atoms with Crippen LogP contribution in [-0.2, 0) is 12.8 Å². The number of nitrogens with zero attached hydrogens (tertiary/aromatic N) is 3.